The van der Waals surface area contributed by atoms with Crippen LogP contribution in [0.2, 0.25) is 0 Å². The first-order chi connectivity index (χ1) is 12.1. The highest BCUT2D eigenvalue weighted by Gasteiger charge is 2.28. The van der Waals surface area contributed by atoms with Crippen molar-refractivity contribution in [2.45, 2.75) is 32.1 Å². The molecule has 25 heavy (non-hydrogen) atoms. The van der Waals surface area contributed by atoms with Crippen molar-refractivity contribution in [2.75, 3.05) is 13.1 Å². The van der Waals surface area contributed by atoms with Gasteiger partial charge < -0.3 is 14.4 Å². The Morgan fingerprint density at radius 1 is 1.20 bits per heavy atom. The fraction of sp³-hybridized carbons (Fsp3) is 0.400. The number of likely N-dealkylation sites (tertiary alicyclic amines) is 1. The lowest BCUT2D eigenvalue weighted by molar-refractivity contribution is -0.133. The van der Waals surface area contributed by atoms with Crippen LogP contribution in [0.25, 0.3) is 0 Å². The Balaban J connectivity index is 1.56. The van der Waals surface area contributed by atoms with Crippen molar-refractivity contribution in [3.63, 3.8) is 0 Å². The molecule has 1 amide bonds. The Labute approximate surface area is 147 Å². The zero-order chi connectivity index (χ0) is 17.8. The van der Waals surface area contributed by atoms with E-state index in [9.17, 15) is 9.59 Å². The first-order valence-electron chi connectivity index (χ1n) is 8.69. The average molecular weight is 341 g/mol. The van der Waals surface area contributed by atoms with Gasteiger partial charge >= 0.3 is 5.97 Å². The number of nitrogens with zero attached hydrogens (tertiary/aromatic N) is 1. The van der Waals surface area contributed by atoms with E-state index in [0.717, 1.165) is 18.4 Å². The lowest BCUT2D eigenvalue weighted by Crippen LogP contribution is -2.41. The van der Waals surface area contributed by atoms with E-state index in [1.54, 1.807) is 0 Å². The highest BCUT2D eigenvalue weighted by molar-refractivity contribution is 5.88. The summed E-state index contributed by atoms with van der Waals surface area (Å²) in [5.41, 5.74) is 1.28. The number of furan rings is 1. The van der Waals surface area contributed by atoms with Crippen molar-refractivity contribution >= 4 is 11.9 Å². The van der Waals surface area contributed by atoms with Crippen LogP contribution in [0.4, 0.5) is 0 Å². The number of carbonyl (C=O) groups excluding carboxylic acids is 1. The summed E-state index contributed by atoms with van der Waals surface area (Å²) in [6.07, 6.45) is 3.78. The van der Waals surface area contributed by atoms with Crippen LogP contribution in [0.1, 0.15) is 47.4 Å². The number of piperidine rings is 1. The topological polar surface area (TPSA) is 70.8 Å². The molecule has 1 N–H and O–H groups in total. The van der Waals surface area contributed by atoms with Gasteiger partial charge in [-0.15, -0.1) is 0 Å². The number of amides is 1. The Morgan fingerprint density at radius 3 is 2.52 bits per heavy atom. The van der Waals surface area contributed by atoms with Crippen molar-refractivity contribution in [1.29, 1.82) is 0 Å². The molecule has 0 aliphatic carbocycles. The van der Waals surface area contributed by atoms with Gasteiger partial charge in [0.05, 0.1) is 12.2 Å². The number of hydrogen-bond donors (Lipinski definition) is 1. The third-order valence-electron chi connectivity index (χ3n) is 5.05. The van der Waals surface area contributed by atoms with Crippen molar-refractivity contribution in [3.05, 3.63) is 59.5 Å². The quantitative estimate of drug-likeness (QED) is 0.902. The normalized spacial score (nSPS) is 16.6. The highest BCUT2D eigenvalue weighted by Crippen LogP contribution is 2.26. The second-order valence-electron chi connectivity index (χ2n) is 6.67. The van der Waals surface area contributed by atoms with E-state index < -0.39 is 5.97 Å². The minimum absolute atomic E-state index is 0.138. The molecule has 1 fully saturated rings. The van der Waals surface area contributed by atoms with Gasteiger partial charge in [0, 0.05) is 19.5 Å². The lowest BCUT2D eigenvalue weighted by Gasteiger charge is -2.33. The van der Waals surface area contributed by atoms with Crippen LogP contribution >= 0.6 is 0 Å². The molecule has 1 aliphatic heterocycles. The molecule has 1 unspecified atom stereocenters. The number of benzene rings is 1. The van der Waals surface area contributed by atoms with Crippen LogP contribution in [0, 0.1) is 5.92 Å². The molecule has 1 aromatic carbocycles. The third-order valence-corrected chi connectivity index (χ3v) is 5.05. The van der Waals surface area contributed by atoms with Gasteiger partial charge in [0.1, 0.15) is 11.3 Å². The van der Waals surface area contributed by atoms with Gasteiger partial charge in [-0.1, -0.05) is 30.3 Å². The summed E-state index contributed by atoms with van der Waals surface area (Å²) in [6.45, 7) is 3.37. The minimum Gasteiger partial charge on any atom is -0.478 e. The SMILES string of the molecule is CC(C(=O)N1CCC(Cc2occc2C(=O)O)CC1)c1ccccc1. The fourth-order valence-electron chi connectivity index (χ4n) is 3.47. The predicted octanol–water partition coefficient (Wildman–Crippen LogP) is 3.56. The van der Waals surface area contributed by atoms with Gasteiger partial charge in [-0.2, -0.15) is 0 Å². The Morgan fingerprint density at radius 2 is 1.88 bits per heavy atom. The van der Waals surface area contributed by atoms with Gasteiger partial charge in [-0.3, -0.25) is 4.79 Å². The summed E-state index contributed by atoms with van der Waals surface area (Å²) < 4.78 is 5.34. The predicted molar refractivity (Wildman–Crippen MR) is 93.5 cm³/mol. The zero-order valence-electron chi connectivity index (χ0n) is 14.4. The molecule has 2 heterocycles. The van der Waals surface area contributed by atoms with Crippen LogP contribution in [0.5, 0.6) is 0 Å². The van der Waals surface area contributed by atoms with Crippen LogP contribution in [0.15, 0.2) is 47.1 Å². The van der Waals surface area contributed by atoms with Gasteiger partial charge in [-0.05, 0) is 37.3 Å². The van der Waals surface area contributed by atoms with Gasteiger partial charge in [0.2, 0.25) is 5.91 Å². The third kappa shape index (κ3) is 3.92. The summed E-state index contributed by atoms with van der Waals surface area (Å²) >= 11 is 0. The largest absolute Gasteiger partial charge is 0.478 e. The molecule has 5 heteroatoms. The minimum atomic E-state index is -0.951. The molecule has 1 aromatic heterocycles. The molecule has 1 saturated heterocycles. The van der Waals surface area contributed by atoms with E-state index in [4.69, 9.17) is 9.52 Å². The smallest absolute Gasteiger partial charge is 0.339 e. The van der Waals surface area contributed by atoms with E-state index in [1.165, 1.54) is 12.3 Å². The van der Waals surface area contributed by atoms with Gasteiger partial charge in [0.15, 0.2) is 0 Å². The first kappa shape index (κ1) is 17.3. The Bertz CT molecular complexity index is 729. The zero-order valence-corrected chi connectivity index (χ0v) is 14.4. The summed E-state index contributed by atoms with van der Waals surface area (Å²) in [5.74, 6) is -0.0429. The van der Waals surface area contributed by atoms with Crippen LogP contribution in [-0.4, -0.2) is 35.0 Å². The van der Waals surface area contributed by atoms with Crippen molar-refractivity contribution < 1.29 is 19.1 Å². The number of carboxylic acid groups (broad SMARTS) is 1. The fourth-order valence-corrected chi connectivity index (χ4v) is 3.47. The number of aromatic carboxylic acids is 1. The lowest BCUT2D eigenvalue weighted by atomic mass is 9.90. The Kier molecular flexibility index (Phi) is 5.22. The highest BCUT2D eigenvalue weighted by atomic mass is 16.4. The van der Waals surface area contributed by atoms with Gasteiger partial charge in [0.25, 0.3) is 0 Å². The first-order valence-corrected chi connectivity index (χ1v) is 8.69. The van der Waals surface area contributed by atoms with E-state index in [0.29, 0.717) is 31.2 Å². The molecular formula is C20H23NO4. The maximum absolute atomic E-state index is 12.7. The maximum atomic E-state index is 12.7. The van der Waals surface area contributed by atoms with Crippen molar-refractivity contribution in [2.24, 2.45) is 5.92 Å². The second-order valence-corrected chi connectivity index (χ2v) is 6.67. The van der Waals surface area contributed by atoms with E-state index in [1.807, 2.05) is 42.2 Å². The number of carbonyl (C=O) groups is 2. The number of rotatable bonds is 5. The molecule has 5 nitrogen and oxygen atoms in total. The summed E-state index contributed by atoms with van der Waals surface area (Å²) in [6, 6.07) is 11.3. The Hall–Kier alpha value is -2.56. The molecule has 0 saturated carbocycles. The molecule has 0 bridgehead atoms. The maximum Gasteiger partial charge on any atom is 0.339 e. The van der Waals surface area contributed by atoms with E-state index >= 15 is 0 Å². The molecule has 2 aromatic rings. The monoisotopic (exact) mass is 341 g/mol. The van der Waals surface area contributed by atoms with Gasteiger partial charge in [-0.25, -0.2) is 4.79 Å². The number of hydrogen-bond acceptors (Lipinski definition) is 3. The van der Waals surface area contributed by atoms with E-state index in [2.05, 4.69) is 0 Å². The summed E-state index contributed by atoms with van der Waals surface area (Å²) in [5, 5.41) is 9.16. The average Bonchev–Trinajstić information content (AvgIpc) is 3.10. The molecular weight excluding hydrogens is 318 g/mol. The van der Waals surface area contributed by atoms with Crippen molar-refractivity contribution in [1.82, 2.24) is 4.90 Å². The van der Waals surface area contributed by atoms with Crippen LogP contribution in [-0.2, 0) is 11.2 Å². The van der Waals surface area contributed by atoms with Crippen molar-refractivity contribution in [3.8, 4) is 0 Å². The molecule has 0 radical (unpaired) electrons. The summed E-state index contributed by atoms with van der Waals surface area (Å²) in [7, 11) is 0. The molecule has 1 aliphatic rings. The molecule has 0 spiro atoms. The van der Waals surface area contributed by atoms with Crippen LogP contribution < -0.4 is 0 Å². The summed E-state index contributed by atoms with van der Waals surface area (Å²) in [4.78, 5) is 25.8. The van der Waals surface area contributed by atoms with Crippen LogP contribution in [0.3, 0.4) is 0 Å². The number of carboxylic acids is 1. The molecule has 132 valence electrons. The standard InChI is InChI=1S/C20H23NO4/c1-14(16-5-3-2-4-6-16)19(22)21-10-7-15(8-11-21)13-18-17(20(23)24)9-12-25-18/h2-6,9,12,14-15H,7-8,10-11,13H2,1H3,(H,23,24). The van der Waals surface area contributed by atoms with E-state index in [-0.39, 0.29) is 17.4 Å². The molecule has 1 atom stereocenters. The second kappa shape index (κ2) is 7.55. The molecule has 3 rings (SSSR count).